The Morgan fingerprint density at radius 1 is 1.33 bits per heavy atom. The van der Waals surface area contributed by atoms with Gasteiger partial charge in [-0.1, -0.05) is 26.0 Å². The largest absolute Gasteiger partial charge is 0.345 e. The number of nitrogens with zero attached hydrogens (tertiary/aromatic N) is 2. The molecule has 2 rings (SSSR count). The van der Waals surface area contributed by atoms with E-state index >= 15 is 0 Å². The van der Waals surface area contributed by atoms with Crippen LogP contribution in [-0.4, -0.2) is 48.1 Å². The molecule has 1 aliphatic rings. The van der Waals surface area contributed by atoms with Crippen molar-refractivity contribution < 1.29 is 0 Å². The first-order chi connectivity index (χ1) is 9.97. The Labute approximate surface area is 134 Å². The molecule has 0 amide bonds. The Kier molecular flexibility index (Phi) is 5.59. The second-order valence-electron chi connectivity index (χ2n) is 6.46. The Bertz CT molecular complexity index is 467. The van der Waals surface area contributed by atoms with Gasteiger partial charge in [0.2, 0.25) is 0 Å². The van der Waals surface area contributed by atoms with E-state index in [9.17, 15) is 0 Å². The first-order valence-corrected chi connectivity index (χ1v) is 8.20. The Hall–Kier alpha value is -1.13. The van der Waals surface area contributed by atoms with E-state index < -0.39 is 0 Å². The lowest BCUT2D eigenvalue weighted by Gasteiger charge is -2.29. The minimum Gasteiger partial charge on any atom is -0.345 e. The lowest BCUT2D eigenvalue weighted by molar-refractivity contribution is 0.288. The van der Waals surface area contributed by atoms with Crippen LogP contribution in [0.3, 0.4) is 0 Å². The molecule has 0 aromatic heterocycles. The van der Waals surface area contributed by atoms with E-state index in [1.165, 1.54) is 18.4 Å². The minimum absolute atomic E-state index is 0.537. The van der Waals surface area contributed by atoms with Crippen LogP contribution in [0.1, 0.15) is 38.2 Å². The molecule has 1 unspecified atom stereocenters. The molecule has 0 saturated carbocycles. The third-order valence-corrected chi connectivity index (χ3v) is 4.38. The molecule has 0 spiro atoms. The average Bonchev–Trinajstić information content (AvgIpc) is 2.86. The van der Waals surface area contributed by atoms with Crippen LogP contribution in [0.2, 0.25) is 0 Å². The summed E-state index contributed by atoms with van der Waals surface area (Å²) in [4.78, 5) is 4.58. The lowest BCUT2D eigenvalue weighted by atomic mass is 10.0. The maximum Gasteiger partial charge on any atom is 0.173 e. The summed E-state index contributed by atoms with van der Waals surface area (Å²) in [7, 11) is 4.25. The van der Waals surface area contributed by atoms with E-state index in [0.717, 1.165) is 23.9 Å². The van der Waals surface area contributed by atoms with Crippen LogP contribution in [0.4, 0.5) is 5.69 Å². The molecule has 1 heterocycles. The molecule has 21 heavy (non-hydrogen) atoms. The molecule has 116 valence electrons. The van der Waals surface area contributed by atoms with Gasteiger partial charge < -0.3 is 15.1 Å². The van der Waals surface area contributed by atoms with Gasteiger partial charge in [0.1, 0.15) is 0 Å². The van der Waals surface area contributed by atoms with E-state index in [1.807, 2.05) is 0 Å². The molecule has 1 saturated heterocycles. The number of hydrogen-bond donors (Lipinski definition) is 1. The van der Waals surface area contributed by atoms with Crippen molar-refractivity contribution in [1.82, 2.24) is 9.80 Å². The predicted octanol–water partition coefficient (Wildman–Crippen LogP) is 3.53. The Morgan fingerprint density at radius 2 is 2.00 bits per heavy atom. The average molecular weight is 305 g/mol. The summed E-state index contributed by atoms with van der Waals surface area (Å²) >= 11 is 5.61. The number of rotatable bonds is 4. The van der Waals surface area contributed by atoms with Crippen molar-refractivity contribution >= 4 is 23.0 Å². The van der Waals surface area contributed by atoms with Crippen LogP contribution in [0.15, 0.2) is 24.3 Å². The van der Waals surface area contributed by atoms with Crippen molar-refractivity contribution in [3.63, 3.8) is 0 Å². The summed E-state index contributed by atoms with van der Waals surface area (Å²) < 4.78 is 0. The molecule has 1 aromatic rings. The van der Waals surface area contributed by atoms with Crippen LogP contribution in [0.25, 0.3) is 0 Å². The topological polar surface area (TPSA) is 18.5 Å². The zero-order valence-corrected chi connectivity index (χ0v) is 14.4. The van der Waals surface area contributed by atoms with E-state index in [-0.39, 0.29) is 0 Å². The normalized spacial score (nSPS) is 18.6. The van der Waals surface area contributed by atoms with Crippen molar-refractivity contribution in [2.24, 2.45) is 0 Å². The zero-order chi connectivity index (χ0) is 15.4. The van der Waals surface area contributed by atoms with Gasteiger partial charge in [0.05, 0.1) is 0 Å². The number of likely N-dealkylation sites (tertiary alicyclic amines) is 1. The standard InChI is InChI=1S/C17H27N3S/c1-13(2)14-7-9-15(10-8-14)18-17(21)20-11-5-6-16(20)12-19(3)4/h7-10,13,16H,5-6,11-12H2,1-4H3,(H,18,21). The first-order valence-electron chi connectivity index (χ1n) is 7.79. The SMILES string of the molecule is CC(C)c1ccc(NC(=S)N2CCCC2CN(C)C)cc1. The molecule has 0 aliphatic carbocycles. The highest BCUT2D eigenvalue weighted by Crippen LogP contribution is 2.21. The summed E-state index contributed by atoms with van der Waals surface area (Å²) in [6.45, 7) is 6.55. The Morgan fingerprint density at radius 3 is 2.57 bits per heavy atom. The van der Waals surface area contributed by atoms with Crippen LogP contribution in [0, 0.1) is 0 Å². The van der Waals surface area contributed by atoms with Crippen molar-refractivity contribution in [3.05, 3.63) is 29.8 Å². The first kappa shape index (κ1) is 16.2. The van der Waals surface area contributed by atoms with Gasteiger partial charge in [0.15, 0.2) is 5.11 Å². The summed E-state index contributed by atoms with van der Waals surface area (Å²) in [5.41, 5.74) is 2.44. The number of thiocarbonyl (C=S) groups is 1. The van der Waals surface area contributed by atoms with Crippen LogP contribution in [0.5, 0.6) is 0 Å². The smallest absolute Gasteiger partial charge is 0.173 e. The summed E-state index contributed by atoms with van der Waals surface area (Å²) in [6, 6.07) is 9.14. The molecule has 0 radical (unpaired) electrons. The van der Waals surface area contributed by atoms with Crippen LogP contribution < -0.4 is 5.32 Å². The molecule has 3 nitrogen and oxygen atoms in total. The monoisotopic (exact) mass is 305 g/mol. The van der Waals surface area contributed by atoms with E-state index in [2.05, 4.69) is 67.3 Å². The summed E-state index contributed by atoms with van der Waals surface area (Å²) in [6.07, 6.45) is 2.46. The second kappa shape index (κ2) is 7.23. The fraction of sp³-hybridized carbons (Fsp3) is 0.588. The number of hydrogen-bond acceptors (Lipinski definition) is 2. The highest BCUT2D eigenvalue weighted by molar-refractivity contribution is 7.80. The van der Waals surface area contributed by atoms with Gasteiger partial charge in [0, 0.05) is 24.8 Å². The fourth-order valence-electron chi connectivity index (χ4n) is 2.86. The van der Waals surface area contributed by atoms with Crippen molar-refractivity contribution in [2.75, 3.05) is 32.5 Å². The molecular weight excluding hydrogens is 278 g/mol. The third kappa shape index (κ3) is 4.42. The van der Waals surface area contributed by atoms with Crippen LogP contribution in [-0.2, 0) is 0 Å². The number of nitrogens with one attached hydrogen (secondary N) is 1. The maximum absolute atomic E-state index is 5.61. The number of anilines is 1. The molecule has 4 heteroatoms. The predicted molar refractivity (Wildman–Crippen MR) is 95.0 cm³/mol. The quantitative estimate of drug-likeness (QED) is 0.857. The van der Waals surface area contributed by atoms with Gasteiger partial charge in [-0.05, 0) is 62.8 Å². The molecule has 1 N–H and O–H groups in total. The van der Waals surface area contributed by atoms with E-state index in [1.54, 1.807) is 0 Å². The van der Waals surface area contributed by atoms with Crippen LogP contribution >= 0.6 is 12.2 Å². The Balaban J connectivity index is 1.97. The molecule has 1 aromatic carbocycles. The van der Waals surface area contributed by atoms with Gasteiger partial charge in [-0.2, -0.15) is 0 Å². The van der Waals surface area contributed by atoms with Gasteiger partial charge in [-0.15, -0.1) is 0 Å². The van der Waals surface area contributed by atoms with Crippen molar-refractivity contribution in [3.8, 4) is 0 Å². The second-order valence-corrected chi connectivity index (χ2v) is 6.85. The maximum atomic E-state index is 5.61. The molecule has 1 atom stereocenters. The van der Waals surface area contributed by atoms with Gasteiger partial charge in [-0.3, -0.25) is 0 Å². The summed E-state index contributed by atoms with van der Waals surface area (Å²) in [5, 5.41) is 4.25. The number of benzene rings is 1. The molecule has 0 bridgehead atoms. The van der Waals surface area contributed by atoms with Gasteiger partial charge >= 0.3 is 0 Å². The summed E-state index contributed by atoms with van der Waals surface area (Å²) in [5.74, 6) is 0.564. The van der Waals surface area contributed by atoms with Gasteiger partial charge in [-0.25, -0.2) is 0 Å². The van der Waals surface area contributed by atoms with E-state index in [4.69, 9.17) is 12.2 Å². The third-order valence-electron chi connectivity index (χ3n) is 4.04. The zero-order valence-electron chi connectivity index (χ0n) is 13.6. The van der Waals surface area contributed by atoms with E-state index in [0.29, 0.717) is 12.0 Å². The molecular formula is C17H27N3S. The number of likely N-dealkylation sites (N-methyl/N-ethyl adjacent to an activating group) is 1. The molecule has 1 fully saturated rings. The van der Waals surface area contributed by atoms with Crippen molar-refractivity contribution in [2.45, 2.75) is 38.6 Å². The van der Waals surface area contributed by atoms with Crippen molar-refractivity contribution in [1.29, 1.82) is 0 Å². The molecule has 1 aliphatic heterocycles. The fourth-order valence-corrected chi connectivity index (χ4v) is 3.22. The highest BCUT2D eigenvalue weighted by atomic mass is 32.1. The van der Waals surface area contributed by atoms with Gasteiger partial charge in [0.25, 0.3) is 0 Å². The highest BCUT2D eigenvalue weighted by Gasteiger charge is 2.26. The lowest BCUT2D eigenvalue weighted by Crippen LogP contribution is -2.43. The minimum atomic E-state index is 0.537.